The maximum absolute atomic E-state index is 13.1. The fourth-order valence-electron chi connectivity index (χ4n) is 3.05. The van der Waals surface area contributed by atoms with Crippen molar-refractivity contribution >= 4 is 23.4 Å². The number of anilines is 1. The van der Waals surface area contributed by atoms with Crippen molar-refractivity contribution in [1.29, 1.82) is 0 Å². The molecule has 7 nitrogen and oxygen atoms in total. The quantitative estimate of drug-likeness (QED) is 0.417. The van der Waals surface area contributed by atoms with Gasteiger partial charge >= 0.3 is 0 Å². The van der Waals surface area contributed by atoms with Gasteiger partial charge in [0.2, 0.25) is 5.91 Å². The standard InChI is InChI=1S/C23H27FN4O3S/c1-5-30-19-12-8-18(9-13-19)25-21(29)14-32-23-27-26-22(28(23)15(2)3)16(4)31-20-10-6-17(24)7-11-20/h6-13,15-16H,5,14H2,1-4H3,(H,25,29). The summed E-state index contributed by atoms with van der Waals surface area (Å²) in [6.07, 6.45) is -0.401. The van der Waals surface area contributed by atoms with Crippen molar-refractivity contribution < 1.29 is 18.7 Å². The van der Waals surface area contributed by atoms with Crippen LogP contribution in [-0.4, -0.2) is 33.0 Å². The average Bonchev–Trinajstić information content (AvgIpc) is 3.20. The molecular formula is C23H27FN4O3S. The van der Waals surface area contributed by atoms with Crippen LogP contribution in [0.15, 0.2) is 53.7 Å². The molecule has 0 saturated heterocycles. The number of amides is 1. The number of thioether (sulfide) groups is 1. The van der Waals surface area contributed by atoms with E-state index < -0.39 is 6.10 Å². The first-order chi connectivity index (χ1) is 15.4. The van der Waals surface area contributed by atoms with Crippen molar-refractivity contribution in [2.75, 3.05) is 17.7 Å². The molecule has 0 bridgehead atoms. The second kappa shape index (κ2) is 11.0. The van der Waals surface area contributed by atoms with E-state index in [4.69, 9.17) is 9.47 Å². The van der Waals surface area contributed by atoms with Crippen LogP contribution in [0.5, 0.6) is 11.5 Å². The molecule has 0 spiro atoms. The molecule has 2 aromatic carbocycles. The molecule has 9 heteroatoms. The summed E-state index contributed by atoms with van der Waals surface area (Å²) in [6.45, 7) is 8.40. The van der Waals surface area contributed by atoms with Gasteiger partial charge in [0, 0.05) is 11.7 Å². The number of rotatable bonds is 10. The Kier molecular flexibility index (Phi) is 8.10. The summed E-state index contributed by atoms with van der Waals surface area (Å²) in [4.78, 5) is 12.4. The predicted molar refractivity (Wildman–Crippen MR) is 123 cm³/mol. The molecule has 3 aromatic rings. The summed E-state index contributed by atoms with van der Waals surface area (Å²) in [5, 5.41) is 12.1. The maximum Gasteiger partial charge on any atom is 0.234 e. The summed E-state index contributed by atoms with van der Waals surface area (Å²) < 4.78 is 26.4. The molecule has 0 aliphatic heterocycles. The fourth-order valence-corrected chi connectivity index (χ4v) is 3.92. The van der Waals surface area contributed by atoms with E-state index >= 15 is 0 Å². The van der Waals surface area contributed by atoms with Crippen LogP contribution in [0.2, 0.25) is 0 Å². The van der Waals surface area contributed by atoms with Gasteiger partial charge in [0.25, 0.3) is 0 Å². The third-order valence-corrected chi connectivity index (χ3v) is 5.42. The van der Waals surface area contributed by atoms with E-state index in [1.807, 2.05) is 44.4 Å². The van der Waals surface area contributed by atoms with Crippen LogP contribution in [0.3, 0.4) is 0 Å². The zero-order valence-electron chi connectivity index (χ0n) is 18.5. The summed E-state index contributed by atoms with van der Waals surface area (Å²) in [5.74, 6) is 1.66. The number of aromatic nitrogens is 3. The second-order valence-electron chi connectivity index (χ2n) is 7.31. The number of nitrogens with one attached hydrogen (secondary N) is 1. The molecule has 32 heavy (non-hydrogen) atoms. The van der Waals surface area contributed by atoms with Crippen molar-refractivity contribution in [3.05, 3.63) is 60.2 Å². The lowest BCUT2D eigenvalue weighted by molar-refractivity contribution is -0.113. The van der Waals surface area contributed by atoms with E-state index in [1.165, 1.54) is 23.9 Å². The molecular weight excluding hydrogens is 431 g/mol. The molecule has 3 rings (SSSR count). The molecule has 1 N–H and O–H groups in total. The Hall–Kier alpha value is -3.07. The number of nitrogens with zero attached hydrogens (tertiary/aromatic N) is 3. The third-order valence-electron chi connectivity index (χ3n) is 4.48. The highest BCUT2D eigenvalue weighted by molar-refractivity contribution is 7.99. The molecule has 0 fully saturated rings. The van der Waals surface area contributed by atoms with Gasteiger partial charge in [-0.1, -0.05) is 11.8 Å². The normalized spacial score (nSPS) is 11.9. The zero-order chi connectivity index (χ0) is 23.1. The first-order valence-electron chi connectivity index (χ1n) is 10.4. The van der Waals surface area contributed by atoms with E-state index in [1.54, 1.807) is 24.3 Å². The molecule has 1 atom stereocenters. The minimum atomic E-state index is -0.401. The molecule has 1 heterocycles. The highest BCUT2D eigenvalue weighted by atomic mass is 32.2. The predicted octanol–water partition coefficient (Wildman–Crippen LogP) is 5.27. The first kappa shape index (κ1) is 23.6. The molecule has 170 valence electrons. The van der Waals surface area contributed by atoms with Crippen LogP contribution in [0, 0.1) is 5.82 Å². The Bertz CT molecular complexity index is 1020. The molecule has 1 aromatic heterocycles. The highest BCUT2D eigenvalue weighted by Crippen LogP contribution is 2.28. The molecule has 1 amide bonds. The minimum absolute atomic E-state index is 0.0657. The lowest BCUT2D eigenvalue weighted by atomic mass is 10.3. The van der Waals surface area contributed by atoms with Crippen LogP contribution in [0.1, 0.15) is 45.7 Å². The first-order valence-corrected chi connectivity index (χ1v) is 11.4. The van der Waals surface area contributed by atoms with E-state index in [0.29, 0.717) is 29.0 Å². The van der Waals surface area contributed by atoms with Crippen LogP contribution < -0.4 is 14.8 Å². The lowest BCUT2D eigenvalue weighted by Gasteiger charge is -2.18. The van der Waals surface area contributed by atoms with Gasteiger partial charge in [-0.05, 0) is 76.2 Å². The largest absolute Gasteiger partial charge is 0.494 e. The van der Waals surface area contributed by atoms with Gasteiger partial charge in [0.15, 0.2) is 17.1 Å². The zero-order valence-corrected chi connectivity index (χ0v) is 19.4. The number of hydrogen-bond acceptors (Lipinski definition) is 6. The van der Waals surface area contributed by atoms with Crippen molar-refractivity contribution in [1.82, 2.24) is 14.8 Å². The molecule has 0 saturated carbocycles. The molecule has 1 unspecified atom stereocenters. The Labute approximate surface area is 191 Å². The number of carbonyl (C=O) groups excluding carboxylic acids is 1. The third kappa shape index (κ3) is 6.23. The van der Waals surface area contributed by atoms with Crippen LogP contribution >= 0.6 is 11.8 Å². The number of halogens is 1. The van der Waals surface area contributed by atoms with E-state index in [9.17, 15) is 9.18 Å². The number of hydrogen-bond donors (Lipinski definition) is 1. The topological polar surface area (TPSA) is 78.3 Å². The van der Waals surface area contributed by atoms with Crippen LogP contribution in [-0.2, 0) is 4.79 Å². The summed E-state index contributed by atoms with van der Waals surface area (Å²) >= 11 is 1.31. The number of benzene rings is 2. The van der Waals surface area contributed by atoms with Gasteiger partial charge in [-0.3, -0.25) is 4.79 Å². The Balaban J connectivity index is 1.63. The maximum atomic E-state index is 13.1. The van der Waals surface area contributed by atoms with Gasteiger partial charge in [-0.25, -0.2) is 4.39 Å². The summed E-state index contributed by atoms with van der Waals surface area (Å²) in [5.41, 5.74) is 0.700. The van der Waals surface area contributed by atoms with Gasteiger partial charge in [-0.2, -0.15) is 0 Å². The summed E-state index contributed by atoms with van der Waals surface area (Å²) in [7, 11) is 0. The van der Waals surface area contributed by atoms with Crippen molar-refractivity contribution in [3.63, 3.8) is 0 Å². The number of ether oxygens (including phenoxy) is 2. The monoisotopic (exact) mass is 458 g/mol. The lowest BCUT2D eigenvalue weighted by Crippen LogP contribution is -2.16. The van der Waals surface area contributed by atoms with Crippen molar-refractivity contribution in [2.24, 2.45) is 0 Å². The SMILES string of the molecule is CCOc1ccc(NC(=O)CSc2nnc(C(C)Oc3ccc(F)cc3)n2C(C)C)cc1. The van der Waals surface area contributed by atoms with Gasteiger partial charge in [-0.15, -0.1) is 10.2 Å². The van der Waals surface area contributed by atoms with Crippen molar-refractivity contribution in [2.45, 2.75) is 45.0 Å². The Morgan fingerprint density at radius 2 is 1.72 bits per heavy atom. The van der Waals surface area contributed by atoms with Gasteiger partial charge < -0.3 is 19.4 Å². The molecule has 0 radical (unpaired) electrons. The smallest absolute Gasteiger partial charge is 0.234 e. The molecule has 0 aliphatic rings. The van der Waals surface area contributed by atoms with Crippen LogP contribution in [0.4, 0.5) is 10.1 Å². The van der Waals surface area contributed by atoms with Crippen LogP contribution in [0.25, 0.3) is 0 Å². The van der Waals surface area contributed by atoms with E-state index in [2.05, 4.69) is 15.5 Å². The Morgan fingerprint density at radius 3 is 2.34 bits per heavy atom. The van der Waals surface area contributed by atoms with Crippen molar-refractivity contribution in [3.8, 4) is 11.5 Å². The number of carbonyl (C=O) groups is 1. The Morgan fingerprint density at radius 1 is 1.06 bits per heavy atom. The van der Waals surface area contributed by atoms with Gasteiger partial charge in [0.05, 0.1) is 12.4 Å². The summed E-state index contributed by atoms with van der Waals surface area (Å²) in [6, 6.07) is 13.1. The average molecular weight is 459 g/mol. The van der Waals surface area contributed by atoms with E-state index in [-0.39, 0.29) is 23.5 Å². The molecule has 0 aliphatic carbocycles. The second-order valence-corrected chi connectivity index (χ2v) is 8.26. The minimum Gasteiger partial charge on any atom is -0.494 e. The highest BCUT2D eigenvalue weighted by Gasteiger charge is 2.22. The van der Waals surface area contributed by atoms with Gasteiger partial charge in [0.1, 0.15) is 17.3 Å². The van der Waals surface area contributed by atoms with E-state index in [0.717, 1.165) is 5.75 Å². The fraction of sp³-hybridized carbons (Fsp3) is 0.348.